The number of aliphatic hydroxyl groups excluding tert-OH is 1. The summed E-state index contributed by atoms with van der Waals surface area (Å²) in [5, 5.41) is 39.1. The Morgan fingerprint density at radius 1 is 1.26 bits per heavy atom. The van der Waals surface area contributed by atoms with Crippen LogP contribution in [0.2, 0.25) is 6.32 Å². The van der Waals surface area contributed by atoms with E-state index in [4.69, 9.17) is 15.8 Å². The minimum Gasteiger partial charge on any atom is -0.480 e. The van der Waals surface area contributed by atoms with Crippen LogP contribution in [0.3, 0.4) is 0 Å². The number of carbonyl (C=O) groups is 1. The number of aliphatic hydroxyl groups is 1. The second-order valence-corrected chi connectivity index (χ2v) is 6.08. The molecule has 0 aromatic heterocycles. The highest BCUT2D eigenvalue weighted by Gasteiger charge is 2.33. The second kappa shape index (κ2) is 14.3. The van der Waals surface area contributed by atoms with Gasteiger partial charge in [-0.1, -0.05) is 26.7 Å². The number of nitrogens with two attached hydrogens (primary N) is 1. The van der Waals surface area contributed by atoms with Gasteiger partial charge in [0.2, 0.25) is 0 Å². The van der Waals surface area contributed by atoms with Crippen LogP contribution in [-0.4, -0.2) is 58.1 Å². The van der Waals surface area contributed by atoms with Crippen LogP contribution in [0.25, 0.3) is 0 Å². The molecule has 140 valence electrons. The molecular weight excluding hydrogens is 346 g/mol. The number of aliphatic carboxylic acids is 1. The van der Waals surface area contributed by atoms with Gasteiger partial charge in [-0.15, -0.1) is 24.8 Å². The van der Waals surface area contributed by atoms with Crippen LogP contribution in [0.4, 0.5) is 0 Å². The molecule has 0 aliphatic carbocycles. The molecule has 0 fully saturated rings. The van der Waals surface area contributed by atoms with Crippen molar-refractivity contribution in [2.24, 2.45) is 11.7 Å². The van der Waals surface area contributed by atoms with Crippen molar-refractivity contribution in [1.29, 1.82) is 0 Å². The molecule has 0 rings (SSSR count). The van der Waals surface area contributed by atoms with Crippen LogP contribution in [0.15, 0.2) is 0 Å². The normalized spacial score (nSPS) is 14.4. The van der Waals surface area contributed by atoms with E-state index in [0.717, 1.165) is 6.42 Å². The molecule has 7 N–H and O–H groups in total. The van der Waals surface area contributed by atoms with Crippen LogP contribution >= 0.6 is 24.8 Å². The van der Waals surface area contributed by atoms with Crippen LogP contribution in [0, 0.1) is 5.92 Å². The van der Waals surface area contributed by atoms with Crippen molar-refractivity contribution >= 4 is 37.9 Å². The summed E-state index contributed by atoms with van der Waals surface area (Å²) < 4.78 is 0. The molecule has 0 aliphatic rings. The zero-order chi connectivity index (χ0) is 16.5. The number of rotatable bonds is 12. The third-order valence-corrected chi connectivity index (χ3v) is 3.44. The third kappa shape index (κ3) is 12.9. The first-order valence-electron chi connectivity index (χ1n) is 7.44. The molecule has 23 heavy (non-hydrogen) atoms. The molecule has 0 amide bonds. The first-order valence-corrected chi connectivity index (χ1v) is 7.44. The Morgan fingerprint density at radius 3 is 2.22 bits per heavy atom. The summed E-state index contributed by atoms with van der Waals surface area (Å²) in [5.74, 6) is -0.710. The van der Waals surface area contributed by atoms with Gasteiger partial charge < -0.3 is 31.3 Å². The molecule has 7 nitrogen and oxygen atoms in total. The van der Waals surface area contributed by atoms with Gasteiger partial charge in [0.15, 0.2) is 0 Å². The van der Waals surface area contributed by atoms with Crippen molar-refractivity contribution in [3.8, 4) is 0 Å². The molecule has 2 atom stereocenters. The van der Waals surface area contributed by atoms with Gasteiger partial charge in [-0.2, -0.15) is 0 Å². The number of unbranched alkanes of at least 4 members (excludes halogenated alkanes) is 1. The predicted octanol–water partition coefficient (Wildman–Crippen LogP) is 0.252. The van der Waals surface area contributed by atoms with E-state index in [9.17, 15) is 15.0 Å². The quantitative estimate of drug-likeness (QED) is 0.212. The van der Waals surface area contributed by atoms with Crippen LogP contribution in [0.1, 0.15) is 39.5 Å². The largest absolute Gasteiger partial charge is 0.480 e. The SMILES string of the molecule is CC(C)C[C@@H](CO)NCC(N)(CCCCB(O)O)C(=O)O.Cl.Cl. The van der Waals surface area contributed by atoms with Gasteiger partial charge in [0.05, 0.1) is 6.61 Å². The van der Waals surface area contributed by atoms with Crippen molar-refractivity contribution in [2.45, 2.75) is 57.4 Å². The van der Waals surface area contributed by atoms with Crippen LogP contribution in [0.5, 0.6) is 0 Å². The Labute approximate surface area is 151 Å². The number of carboxylic acid groups (broad SMARTS) is 1. The molecule has 0 bridgehead atoms. The minimum absolute atomic E-state index is 0. The van der Waals surface area contributed by atoms with Gasteiger partial charge in [0.1, 0.15) is 5.54 Å². The lowest BCUT2D eigenvalue weighted by Crippen LogP contribution is -2.57. The molecule has 0 radical (unpaired) electrons. The summed E-state index contributed by atoms with van der Waals surface area (Å²) in [6.07, 6.45) is 2.18. The van der Waals surface area contributed by atoms with E-state index in [1.807, 2.05) is 13.8 Å². The van der Waals surface area contributed by atoms with Crippen molar-refractivity contribution in [3.05, 3.63) is 0 Å². The van der Waals surface area contributed by atoms with Gasteiger partial charge >= 0.3 is 13.1 Å². The molecular formula is C13H31BCl2N2O5. The Bertz CT molecular complexity index is 314. The first-order chi connectivity index (χ1) is 9.71. The molecule has 1 unspecified atom stereocenters. The number of halogens is 2. The zero-order valence-corrected chi connectivity index (χ0v) is 15.4. The maximum Gasteiger partial charge on any atom is 0.451 e. The van der Waals surface area contributed by atoms with E-state index in [1.54, 1.807) is 0 Å². The Morgan fingerprint density at radius 2 is 1.83 bits per heavy atom. The van der Waals surface area contributed by atoms with Gasteiger partial charge in [0, 0.05) is 12.6 Å². The second-order valence-electron chi connectivity index (χ2n) is 6.08. The average molecular weight is 377 g/mol. The van der Waals surface area contributed by atoms with Crippen LogP contribution in [-0.2, 0) is 4.79 Å². The maximum absolute atomic E-state index is 11.3. The number of carboxylic acids is 1. The maximum atomic E-state index is 11.3. The Kier molecular flexibility index (Phi) is 17.2. The smallest absolute Gasteiger partial charge is 0.451 e. The molecule has 0 heterocycles. The van der Waals surface area contributed by atoms with Gasteiger partial charge in [-0.25, -0.2) is 0 Å². The first kappa shape index (κ1) is 27.7. The molecule has 0 saturated carbocycles. The summed E-state index contributed by atoms with van der Waals surface area (Å²) in [4.78, 5) is 11.3. The number of hydrogen-bond acceptors (Lipinski definition) is 6. The minimum atomic E-state index is -1.41. The summed E-state index contributed by atoms with van der Waals surface area (Å²) in [6.45, 7) is 4.06. The highest BCUT2D eigenvalue weighted by atomic mass is 35.5. The highest BCUT2D eigenvalue weighted by Crippen LogP contribution is 2.14. The highest BCUT2D eigenvalue weighted by molar-refractivity contribution is 6.40. The van der Waals surface area contributed by atoms with E-state index in [0.29, 0.717) is 18.8 Å². The fraction of sp³-hybridized carbons (Fsp3) is 0.923. The fourth-order valence-electron chi connectivity index (χ4n) is 2.16. The Balaban J connectivity index is -0.00000200. The van der Waals surface area contributed by atoms with E-state index in [1.165, 1.54) is 0 Å². The average Bonchev–Trinajstić information content (AvgIpc) is 2.38. The lowest BCUT2D eigenvalue weighted by atomic mass is 9.82. The number of hydrogen-bond donors (Lipinski definition) is 6. The van der Waals surface area contributed by atoms with Gasteiger partial charge in [0.25, 0.3) is 0 Å². The van der Waals surface area contributed by atoms with E-state index in [-0.39, 0.29) is 56.7 Å². The van der Waals surface area contributed by atoms with E-state index >= 15 is 0 Å². The summed E-state index contributed by atoms with van der Waals surface area (Å²) in [7, 11) is -1.37. The zero-order valence-electron chi connectivity index (χ0n) is 13.8. The summed E-state index contributed by atoms with van der Waals surface area (Å²) in [6, 6.07) is -0.175. The number of nitrogens with one attached hydrogen (secondary N) is 1. The fourth-order valence-corrected chi connectivity index (χ4v) is 2.16. The van der Waals surface area contributed by atoms with Crippen molar-refractivity contribution in [1.82, 2.24) is 5.32 Å². The summed E-state index contributed by atoms with van der Waals surface area (Å²) >= 11 is 0. The standard InChI is InChI=1S/C13H29BN2O5.2ClH/c1-10(2)7-11(8-17)16-9-13(15,12(18)19)5-3-4-6-14(20)21;;/h10-11,16-17,20-21H,3-9,15H2,1-2H3,(H,18,19);2*1H/t11-,13?;;/m0../s1. The third-order valence-electron chi connectivity index (χ3n) is 3.44. The van der Waals surface area contributed by atoms with E-state index in [2.05, 4.69) is 5.32 Å². The Hall–Kier alpha value is -0.0851. The van der Waals surface area contributed by atoms with E-state index < -0.39 is 18.6 Å². The molecule has 0 aliphatic heterocycles. The van der Waals surface area contributed by atoms with Crippen molar-refractivity contribution < 1.29 is 25.1 Å². The summed E-state index contributed by atoms with van der Waals surface area (Å²) in [5.41, 5.74) is 4.51. The molecule has 0 aromatic carbocycles. The van der Waals surface area contributed by atoms with Crippen molar-refractivity contribution in [2.75, 3.05) is 13.2 Å². The predicted molar refractivity (Wildman–Crippen MR) is 96.2 cm³/mol. The molecule has 0 aromatic rings. The lowest BCUT2D eigenvalue weighted by Gasteiger charge is -2.28. The monoisotopic (exact) mass is 376 g/mol. The molecule has 10 heteroatoms. The van der Waals surface area contributed by atoms with Crippen LogP contribution < -0.4 is 11.1 Å². The van der Waals surface area contributed by atoms with Crippen molar-refractivity contribution in [3.63, 3.8) is 0 Å². The molecule has 0 saturated heterocycles. The lowest BCUT2D eigenvalue weighted by molar-refractivity contribution is -0.143. The van der Waals surface area contributed by atoms with Gasteiger partial charge in [-0.05, 0) is 25.1 Å². The van der Waals surface area contributed by atoms with Gasteiger partial charge in [-0.3, -0.25) is 4.79 Å². The molecule has 0 spiro atoms. The topological polar surface area (TPSA) is 136 Å².